The van der Waals surface area contributed by atoms with Gasteiger partial charge in [0.25, 0.3) is 0 Å². The van der Waals surface area contributed by atoms with Crippen molar-refractivity contribution in [3.8, 4) is 0 Å². The minimum absolute atomic E-state index is 0.164. The van der Waals surface area contributed by atoms with Gasteiger partial charge in [-0.15, -0.1) is 0 Å². The average molecular weight is 240 g/mol. The maximum Gasteiger partial charge on any atom is 0.227 e. The monoisotopic (exact) mass is 240 g/mol. The summed E-state index contributed by atoms with van der Waals surface area (Å²) < 4.78 is 5.50. The van der Waals surface area contributed by atoms with Crippen LogP contribution in [-0.4, -0.2) is 31.7 Å². The molecule has 1 aliphatic heterocycles. The Bertz CT molecular complexity index is 275. The molecule has 0 aromatic rings. The molecular weight excluding hydrogens is 216 g/mol. The molecule has 0 bridgehead atoms. The molecule has 17 heavy (non-hydrogen) atoms. The van der Waals surface area contributed by atoms with Crippen molar-refractivity contribution in [2.45, 2.75) is 45.1 Å². The first-order valence-electron chi connectivity index (χ1n) is 6.78. The highest BCUT2D eigenvalue weighted by Crippen LogP contribution is 2.37. The zero-order valence-corrected chi connectivity index (χ0v) is 10.7. The van der Waals surface area contributed by atoms with Crippen molar-refractivity contribution < 1.29 is 9.53 Å². The smallest absolute Gasteiger partial charge is 0.227 e. The molecule has 2 aliphatic rings. The van der Waals surface area contributed by atoms with Crippen molar-refractivity contribution in [3.05, 3.63) is 0 Å². The van der Waals surface area contributed by atoms with Gasteiger partial charge in [0, 0.05) is 25.6 Å². The summed E-state index contributed by atoms with van der Waals surface area (Å²) in [4.78, 5) is 12.2. The first-order valence-corrected chi connectivity index (χ1v) is 6.78. The third-order valence-electron chi connectivity index (χ3n) is 4.49. The maximum atomic E-state index is 12.2. The lowest BCUT2D eigenvalue weighted by molar-refractivity contribution is -0.130. The quantitative estimate of drug-likeness (QED) is 0.772. The molecule has 4 nitrogen and oxygen atoms in total. The Morgan fingerprint density at radius 1 is 1.47 bits per heavy atom. The zero-order chi connectivity index (χ0) is 12.3. The molecule has 2 atom stereocenters. The summed E-state index contributed by atoms with van der Waals surface area (Å²) in [6, 6.07) is 0. The van der Waals surface area contributed by atoms with E-state index in [0.717, 1.165) is 45.3 Å². The third-order valence-corrected chi connectivity index (χ3v) is 4.49. The Hall–Kier alpha value is -0.610. The molecule has 2 fully saturated rings. The molecule has 0 radical (unpaired) electrons. The fourth-order valence-corrected chi connectivity index (χ4v) is 3.03. The van der Waals surface area contributed by atoms with E-state index >= 15 is 0 Å². The van der Waals surface area contributed by atoms with E-state index in [-0.39, 0.29) is 17.4 Å². The van der Waals surface area contributed by atoms with Crippen LogP contribution in [-0.2, 0) is 9.53 Å². The topological polar surface area (TPSA) is 64.3 Å². The number of carbonyl (C=O) groups is 1. The summed E-state index contributed by atoms with van der Waals surface area (Å²) >= 11 is 0. The Kier molecular flexibility index (Phi) is 4.05. The lowest BCUT2D eigenvalue weighted by atomic mass is 9.85. The maximum absolute atomic E-state index is 12.2. The highest BCUT2D eigenvalue weighted by molar-refractivity contribution is 5.83. The summed E-state index contributed by atoms with van der Waals surface area (Å²) in [7, 11) is 0. The Labute approximate surface area is 103 Å². The van der Waals surface area contributed by atoms with Crippen LogP contribution in [0.15, 0.2) is 0 Å². The second kappa shape index (κ2) is 5.36. The fourth-order valence-electron chi connectivity index (χ4n) is 3.03. The number of ether oxygens (including phenoxy) is 1. The van der Waals surface area contributed by atoms with Gasteiger partial charge in [-0.3, -0.25) is 4.79 Å². The molecule has 0 spiro atoms. The van der Waals surface area contributed by atoms with E-state index in [1.165, 1.54) is 0 Å². The molecule has 0 aromatic heterocycles. The SMILES string of the molecule is CC1OCCC1CNC(=O)C1(CN)CCCC1. The molecule has 98 valence electrons. The molecule has 1 aliphatic carbocycles. The average Bonchev–Trinajstić information content (AvgIpc) is 2.95. The van der Waals surface area contributed by atoms with E-state index in [1.54, 1.807) is 0 Å². The van der Waals surface area contributed by atoms with Crippen molar-refractivity contribution >= 4 is 5.91 Å². The molecule has 1 saturated heterocycles. The molecular formula is C13H24N2O2. The van der Waals surface area contributed by atoms with E-state index in [2.05, 4.69) is 12.2 Å². The van der Waals surface area contributed by atoms with Gasteiger partial charge in [0.15, 0.2) is 0 Å². The summed E-state index contributed by atoms with van der Waals surface area (Å²) in [5.74, 6) is 0.631. The molecule has 1 amide bonds. The van der Waals surface area contributed by atoms with Gasteiger partial charge in [0.2, 0.25) is 5.91 Å². The molecule has 3 N–H and O–H groups in total. The van der Waals surface area contributed by atoms with Gasteiger partial charge in [-0.25, -0.2) is 0 Å². The summed E-state index contributed by atoms with van der Waals surface area (Å²) in [5, 5.41) is 3.09. The number of hydrogen-bond acceptors (Lipinski definition) is 3. The molecule has 4 heteroatoms. The van der Waals surface area contributed by atoms with E-state index in [0.29, 0.717) is 12.5 Å². The molecule has 1 saturated carbocycles. The highest BCUT2D eigenvalue weighted by Gasteiger charge is 2.40. The lowest BCUT2D eigenvalue weighted by Crippen LogP contribution is -2.46. The number of amides is 1. The van der Waals surface area contributed by atoms with Crippen LogP contribution in [0.1, 0.15) is 39.0 Å². The van der Waals surface area contributed by atoms with Gasteiger partial charge >= 0.3 is 0 Å². The first-order chi connectivity index (χ1) is 8.18. The second-order valence-electron chi connectivity index (χ2n) is 5.53. The predicted octanol–water partition coefficient (Wildman–Crippen LogP) is 1.05. The van der Waals surface area contributed by atoms with E-state index in [9.17, 15) is 4.79 Å². The minimum Gasteiger partial charge on any atom is -0.378 e. The number of nitrogens with one attached hydrogen (secondary N) is 1. The Morgan fingerprint density at radius 2 is 2.18 bits per heavy atom. The summed E-state index contributed by atoms with van der Waals surface area (Å²) in [6.45, 7) is 4.12. The van der Waals surface area contributed by atoms with Crippen molar-refractivity contribution in [2.24, 2.45) is 17.1 Å². The second-order valence-corrected chi connectivity index (χ2v) is 5.53. The number of rotatable bonds is 4. The summed E-state index contributed by atoms with van der Waals surface area (Å²) in [6.07, 6.45) is 5.49. The van der Waals surface area contributed by atoms with E-state index in [1.807, 2.05) is 0 Å². The minimum atomic E-state index is -0.275. The van der Waals surface area contributed by atoms with Crippen LogP contribution in [0, 0.1) is 11.3 Å². The van der Waals surface area contributed by atoms with E-state index in [4.69, 9.17) is 10.5 Å². The van der Waals surface area contributed by atoms with Crippen LogP contribution in [0.4, 0.5) is 0 Å². The standard InChI is InChI=1S/C13H24N2O2/c1-10-11(4-7-17-10)8-15-12(16)13(9-14)5-2-3-6-13/h10-11H,2-9,14H2,1H3,(H,15,16). The van der Waals surface area contributed by atoms with Crippen molar-refractivity contribution in [1.82, 2.24) is 5.32 Å². The van der Waals surface area contributed by atoms with E-state index < -0.39 is 0 Å². The lowest BCUT2D eigenvalue weighted by Gasteiger charge is -2.27. The van der Waals surface area contributed by atoms with Crippen molar-refractivity contribution in [1.29, 1.82) is 0 Å². The number of carbonyl (C=O) groups excluding carboxylic acids is 1. The van der Waals surface area contributed by atoms with Crippen molar-refractivity contribution in [2.75, 3.05) is 19.7 Å². The first kappa shape index (κ1) is 12.8. The van der Waals surface area contributed by atoms with Crippen LogP contribution < -0.4 is 11.1 Å². The number of nitrogens with two attached hydrogens (primary N) is 1. The van der Waals surface area contributed by atoms with Crippen LogP contribution in [0.5, 0.6) is 0 Å². The van der Waals surface area contributed by atoms with Crippen molar-refractivity contribution in [3.63, 3.8) is 0 Å². The van der Waals surface area contributed by atoms with Gasteiger partial charge in [-0.05, 0) is 26.2 Å². The van der Waals surface area contributed by atoms with Crippen LogP contribution in [0.3, 0.4) is 0 Å². The van der Waals surface area contributed by atoms with Gasteiger partial charge in [0.1, 0.15) is 0 Å². The van der Waals surface area contributed by atoms with Gasteiger partial charge in [-0.1, -0.05) is 12.8 Å². The molecule has 2 rings (SSSR count). The highest BCUT2D eigenvalue weighted by atomic mass is 16.5. The molecule has 0 aromatic carbocycles. The zero-order valence-electron chi connectivity index (χ0n) is 10.7. The van der Waals surface area contributed by atoms with Crippen LogP contribution in [0.2, 0.25) is 0 Å². The number of hydrogen-bond donors (Lipinski definition) is 2. The Morgan fingerprint density at radius 3 is 2.71 bits per heavy atom. The molecule has 1 heterocycles. The third kappa shape index (κ3) is 2.63. The largest absolute Gasteiger partial charge is 0.378 e. The molecule has 2 unspecified atom stereocenters. The fraction of sp³-hybridized carbons (Fsp3) is 0.923. The van der Waals surface area contributed by atoms with Gasteiger partial charge < -0.3 is 15.8 Å². The predicted molar refractivity (Wildman–Crippen MR) is 66.5 cm³/mol. The van der Waals surface area contributed by atoms with Crippen LogP contribution >= 0.6 is 0 Å². The normalized spacial score (nSPS) is 31.6. The summed E-state index contributed by atoms with van der Waals surface area (Å²) in [5.41, 5.74) is 5.52. The van der Waals surface area contributed by atoms with Gasteiger partial charge in [-0.2, -0.15) is 0 Å². The Balaban J connectivity index is 1.84. The van der Waals surface area contributed by atoms with Crippen LogP contribution in [0.25, 0.3) is 0 Å². The van der Waals surface area contributed by atoms with Gasteiger partial charge in [0.05, 0.1) is 11.5 Å².